The van der Waals surface area contributed by atoms with Crippen LogP contribution < -0.4 is 0 Å². The van der Waals surface area contributed by atoms with Gasteiger partial charge in [-0.1, -0.05) is 28.1 Å². The SMILES string of the molecule is CC(C)(C)OC(=O)N1CCC[C@H]1c1cc(-c2ccc(Br)cc2)[nH]n1. The fourth-order valence-electron chi connectivity index (χ4n) is 2.90. The van der Waals surface area contributed by atoms with E-state index in [4.69, 9.17) is 4.74 Å². The van der Waals surface area contributed by atoms with Crippen LogP contribution >= 0.6 is 15.9 Å². The molecule has 1 fully saturated rings. The van der Waals surface area contributed by atoms with Crippen LogP contribution in [-0.2, 0) is 4.74 Å². The van der Waals surface area contributed by atoms with E-state index in [0.29, 0.717) is 6.54 Å². The van der Waals surface area contributed by atoms with Crippen LogP contribution in [-0.4, -0.2) is 33.3 Å². The van der Waals surface area contributed by atoms with Crippen molar-refractivity contribution in [1.29, 1.82) is 0 Å². The number of amides is 1. The first-order valence-corrected chi connectivity index (χ1v) is 8.94. The van der Waals surface area contributed by atoms with Crippen LogP contribution in [0.3, 0.4) is 0 Å². The second-order valence-corrected chi connectivity index (χ2v) is 7.96. The molecule has 3 rings (SSSR count). The van der Waals surface area contributed by atoms with E-state index in [-0.39, 0.29) is 12.1 Å². The van der Waals surface area contributed by atoms with E-state index in [9.17, 15) is 4.79 Å². The number of ether oxygens (including phenoxy) is 1. The van der Waals surface area contributed by atoms with Crippen molar-refractivity contribution in [3.05, 3.63) is 40.5 Å². The van der Waals surface area contributed by atoms with Gasteiger partial charge in [-0.05, 0) is 57.4 Å². The van der Waals surface area contributed by atoms with E-state index in [0.717, 1.165) is 34.3 Å². The Morgan fingerprint density at radius 2 is 2.04 bits per heavy atom. The summed E-state index contributed by atoms with van der Waals surface area (Å²) in [5.41, 5.74) is 2.42. The Bertz CT molecular complexity index is 719. The standard InChI is InChI=1S/C18H22BrN3O2/c1-18(2,3)24-17(23)22-10-4-5-16(22)15-11-14(20-21-15)12-6-8-13(19)9-7-12/h6-9,11,16H,4-5,10H2,1-3H3,(H,20,21)/t16-/m0/s1. The maximum Gasteiger partial charge on any atom is 0.410 e. The number of rotatable bonds is 2. The van der Waals surface area contributed by atoms with Gasteiger partial charge in [0, 0.05) is 11.0 Å². The molecule has 0 unspecified atom stereocenters. The summed E-state index contributed by atoms with van der Waals surface area (Å²) in [6, 6.07) is 10.1. The van der Waals surface area contributed by atoms with Gasteiger partial charge >= 0.3 is 6.09 Å². The Morgan fingerprint density at radius 1 is 1.33 bits per heavy atom. The van der Waals surface area contributed by atoms with Crippen LogP contribution in [0.4, 0.5) is 4.79 Å². The molecule has 2 heterocycles. The molecule has 0 aliphatic carbocycles. The summed E-state index contributed by atoms with van der Waals surface area (Å²) in [4.78, 5) is 14.2. The maximum atomic E-state index is 12.4. The molecule has 0 saturated carbocycles. The van der Waals surface area contributed by atoms with Crippen LogP contribution in [0.25, 0.3) is 11.3 Å². The van der Waals surface area contributed by atoms with Gasteiger partial charge in [0.15, 0.2) is 0 Å². The van der Waals surface area contributed by atoms with Crippen LogP contribution in [0.2, 0.25) is 0 Å². The molecule has 0 bridgehead atoms. The highest BCUT2D eigenvalue weighted by Gasteiger charge is 2.34. The van der Waals surface area contributed by atoms with E-state index in [2.05, 4.69) is 26.1 Å². The molecule has 2 aromatic rings. The highest BCUT2D eigenvalue weighted by Crippen LogP contribution is 2.33. The van der Waals surface area contributed by atoms with Crippen molar-refractivity contribution in [3.8, 4) is 11.3 Å². The molecule has 1 saturated heterocycles. The number of hydrogen-bond donors (Lipinski definition) is 1. The lowest BCUT2D eigenvalue weighted by Crippen LogP contribution is -2.36. The Hall–Kier alpha value is -1.82. The van der Waals surface area contributed by atoms with Gasteiger partial charge in [0.25, 0.3) is 0 Å². The predicted octanol–water partition coefficient (Wildman–Crippen LogP) is 4.91. The summed E-state index contributed by atoms with van der Waals surface area (Å²) in [5.74, 6) is 0. The second-order valence-electron chi connectivity index (χ2n) is 7.05. The van der Waals surface area contributed by atoms with Crippen molar-refractivity contribution in [1.82, 2.24) is 15.1 Å². The third kappa shape index (κ3) is 3.80. The lowest BCUT2D eigenvalue weighted by atomic mass is 10.1. The Kier molecular flexibility index (Phi) is 4.67. The quantitative estimate of drug-likeness (QED) is 0.790. The molecule has 1 atom stereocenters. The van der Waals surface area contributed by atoms with E-state index in [1.165, 1.54) is 0 Å². The van der Waals surface area contributed by atoms with E-state index < -0.39 is 5.60 Å². The fourth-order valence-corrected chi connectivity index (χ4v) is 3.16. The minimum absolute atomic E-state index is 0.0275. The van der Waals surface area contributed by atoms with Crippen molar-refractivity contribution in [2.24, 2.45) is 0 Å². The topological polar surface area (TPSA) is 58.2 Å². The Balaban J connectivity index is 1.78. The molecule has 5 nitrogen and oxygen atoms in total. The molecule has 0 radical (unpaired) electrons. The summed E-state index contributed by atoms with van der Waals surface area (Å²) >= 11 is 3.44. The van der Waals surface area contributed by atoms with E-state index in [1.54, 1.807) is 4.90 Å². The average molecular weight is 392 g/mol. The number of nitrogens with zero attached hydrogens (tertiary/aromatic N) is 2. The molecule has 128 valence electrons. The molecular formula is C18H22BrN3O2. The monoisotopic (exact) mass is 391 g/mol. The number of H-pyrrole nitrogens is 1. The van der Waals surface area contributed by atoms with Gasteiger partial charge in [0.05, 0.1) is 17.4 Å². The van der Waals surface area contributed by atoms with Crippen molar-refractivity contribution in [3.63, 3.8) is 0 Å². The summed E-state index contributed by atoms with van der Waals surface area (Å²) in [7, 11) is 0. The maximum absolute atomic E-state index is 12.4. The fraction of sp³-hybridized carbons (Fsp3) is 0.444. The second kappa shape index (κ2) is 6.59. The first-order valence-electron chi connectivity index (χ1n) is 8.14. The van der Waals surface area contributed by atoms with Crippen molar-refractivity contribution < 1.29 is 9.53 Å². The van der Waals surface area contributed by atoms with Crippen LogP contribution in [0.5, 0.6) is 0 Å². The predicted molar refractivity (Wildman–Crippen MR) is 96.6 cm³/mol. The number of nitrogens with one attached hydrogen (secondary N) is 1. The minimum Gasteiger partial charge on any atom is -0.444 e. The molecule has 0 spiro atoms. The smallest absolute Gasteiger partial charge is 0.410 e. The normalized spacial score (nSPS) is 18.0. The number of carbonyl (C=O) groups is 1. The van der Waals surface area contributed by atoms with E-state index >= 15 is 0 Å². The third-order valence-electron chi connectivity index (χ3n) is 3.98. The van der Waals surface area contributed by atoms with Gasteiger partial charge in [0.1, 0.15) is 5.60 Å². The van der Waals surface area contributed by atoms with Crippen LogP contribution in [0, 0.1) is 0 Å². The molecule has 1 aromatic carbocycles. The van der Waals surface area contributed by atoms with Gasteiger partial charge in [-0.15, -0.1) is 0 Å². The van der Waals surface area contributed by atoms with E-state index in [1.807, 2.05) is 51.1 Å². The number of carbonyl (C=O) groups excluding carboxylic acids is 1. The van der Waals surface area contributed by atoms with Gasteiger partial charge in [-0.25, -0.2) is 4.79 Å². The number of hydrogen-bond acceptors (Lipinski definition) is 3. The highest BCUT2D eigenvalue weighted by atomic mass is 79.9. The van der Waals surface area contributed by atoms with Crippen molar-refractivity contribution in [2.45, 2.75) is 45.3 Å². The lowest BCUT2D eigenvalue weighted by Gasteiger charge is -2.27. The molecule has 6 heteroatoms. The third-order valence-corrected chi connectivity index (χ3v) is 4.50. The summed E-state index contributed by atoms with van der Waals surface area (Å²) in [5, 5.41) is 7.52. The molecule has 1 aromatic heterocycles. The summed E-state index contributed by atoms with van der Waals surface area (Å²) in [6.07, 6.45) is 1.60. The Morgan fingerprint density at radius 3 is 2.71 bits per heavy atom. The number of likely N-dealkylation sites (tertiary alicyclic amines) is 1. The van der Waals surface area contributed by atoms with Gasteiger partial charge in [-0.2, -0.15) is 5.10 Å². The molecular weight excluding hydrogens is 370 g/mol. The van der Waals surface area contributed by atoms with Gasteiger partial charge < -0.3 is 4.74 Å². The van der Waals surface area contributed by atoms with Crippen molar-refractivity contribution in [2.75, 3.05) is 6.54 Å². The largest absolute Gasteiger partial charge is 0.444 e. The minimum atomic E-state index is -0.488. The molecule has 24 heavy (non-hydrogen) atoms. The summed E-state index contributed by atoms with van der Waals surface area (Å²) < 4.78 is 6.56. The number of aromatic nitrogens is 2. The highest BCUT2D eigenvalue weighted by molar-refractivity contribution is 9.10. The average Bonchev–Trinajstić information content (AvgIpc) is 3.15. The Labute approximate surface area is 150 Å². The number of halogens is 1. The van der Waals surface area contributed by atoms with Crippen LogP contribution in [0.1, 0.15) is 45.3 Å². The molecule has 1 amide bonds. The van der Waals surface area contributed by atoms with Crippen LogP contribution in [0.15, 0.2) is 34.8 Å². The molecule has 1 aliphatic rings. The molecule has 1 aliphatic heterocycles. The first-order chi connectivity index (χ1) is 11.3. The zero-order chi connectivity index (χ0) is 17.3. The first kappa shape index (κ1) is 17.0. The van der Waals surface area contributed by atoms with Gasteiger partial charge in [-0.3, -0.25) is 10.00 Å². The summed E-state index contributed by atoms with van der Waals surface area (Å²) in [6.45, 7) is 6.36. The number of aromatic amines is 1. The lowest BCUT2D eigenvalue weighted by molar-refractivity contribution is 0.0221. The molecule has 1 N–H and O–H groups in total. The number of benzene rings is 1. The van der Waals surface area contributed by atoms with Crippen molar-refractivity contribution >= 4 is 22.0 Å². The zero-order valence-corrected chi connectivity index (χ0v) is 15.8. The van der Waals surface area contributed by atoms with Gasteiger partial charge in [0.2, 0.25) is 0 Å². The zero-order valence-electron chi connectivity index (χ0n) is 14.2.